The first-order chi connectivity index (χ1) is 18.8. The fourth-order valence-corrected chi connectivity index (χ4v) is 4.59. The third-order valence-electron chi connectivity index (χ3n) is 6.04. The highest BCUT2D eigenvalue weighted by atomic mass is 31.2. The van der Waals surface area contributed by atoms with Crippen LogP contribution in [0.15, 0.2) is 43.0 Å². The molecule has 2 saturated heterocycles. The predicted molar refractivity (Wildman–Crippen MR) is 134 cm³/mol. The molecule has 2 aliphatic rings. The van der Waals surface area contributed by atoms with Crippen LogP contribution >= 0.6 is 7.82 Å². The van der Waals surface area contributed by atoms with Crippen LogP contribution in [0, 0.1) is 11.8 Å². The molecule has 0 saturated carbocycles. The summed E-state index contributed by atoms with van der Waals surface area (Å²) in [5, 5.41) is 5.42. The maximum atomic E-state index is 12.3. The number of ether oxygens (including phenoxy) is 3. The van der Waals surface area contributed by atoms with Crippen molar-refractivity contribution >= 4 is 30.8 Å². The Labute approximate surface area is 223 Å². The molecule has 3 N–H and O–H groups in total. The quantitative estimate of drug-likeness (QED) is 0.206. The van der Waals surface area contributed by atoms with Crippen molar-refractivity contribution in [3.8, 4) is 11.8 Å². The zero-order valence-corrected chi connectivity index (χ0v) is 21.7. The Hall–Kier alpha value is -3.41. The zero-order chi connectivity index (χ0) is 27.4. The van der Waals surface area contributed by atoms with Crippen LogP contribution in [0.4, 0.5) is 10.6 Å². The molecule has 15 heteroatoms. The van der Waals surface area contributed by atoms with Gasteiger partial charge < -0.3 is 33.8 Å². The summed E-state index contributed by atoms with van der Waals surface area (Å²) in [5.74, 6) is 6.09. The Kier molecular flexibility index (Phi) is 8.20. The molecule has 3 unspecified atom stereocenters. The van der Waals surface area contributed by atoms with E-state index in [9.17, 15) is 14.3 Å². The Morgan fingerprint density at radius 2 is 2.00 bits per heavy atom. The molecule has 2 fully saturated rings. The first kappa shape index (κ1) is 27.2. The van der Waals surface area contributed by atoms with Gasteiger partial charge in [-0.1, -0.05) is 37.5 Å². The normalized spacial score (nSPS) is 25.5. The van der Waals surface area contributed by atoms with Gasteiger partial charge in [0.25, 0.3) is 7.82 Å². The average molecular weight is 557 g/mol. The van der Waals surface area contributed by atoms with Crippen LogP contribution in [0.2, 0.25) is 0 Å². The third-order valence-corrected chi connectivity index (χ3v) is 6.51. The maximum Gasteiger partial charge on any atom is 0.320 e. The number of benzene rings is 1. The fraction of sp³-hybridized carbons (Fsp3) is 0.417. The van der Waals surface area contributed by atoms with Crippen LogP contribution in [-0.2, 0) is 23.3 Å². The van der Waals surface area contributed by atoms with Crippen LogP contribution in [0.3, 0.4) is 0 Å². The van der Waals surface area contributed by atoms with Gasteiger partial charge >= 0.3 is 6.03 Å². The molecular weight excluding hydrogens is 531 g/mol. The van der Waals surface area contributed by atoms with E-state index in [0.717, 1.165) is 18.4 Å². The topological polar surface area (TPSA) is 182 Å². The van der Waals surface area contributed by atoms with E-state index in [1.165, 1.54) is 12.7 Å². The third kappa shape index (κ3) is 6.43. The van der Waals surface area contributed by atoms with E-state index in [4.69, 9.17) is 19.1 Å². The number of nitrogens with zero attached hydrogens (tertiary/aromatic N) is 4. The molecular formula is C24H26N6O8P-. The molecule has 206 valence electrons. The van der Waals surface area contributed by atoms with Gasteiger partial charge in [0.05, 0.1) is 12.9 Å². The van der Waals surface area contributed by atoms with Gasteiger partial charge in [-0.15, -0.1) is 0 Å². The van der Waals surface area contributed by atoms with Gasteiger partial charge in [-0.25, -0.2) is 19.7 Å². The molecule has 4 heterocycles. The standard InChI is InChI=1S/C24H27N6O8P/c1-2-3-11-25-24(31)29-21-18-22(27-13-26-21)30(14-28-18)23-20-19(16(36-23)12-35-39(32,33)34)37-17(38-20)10-9-15-7-5-4-6-8-15/h4-8,13-14,16-17,19-20,23H,2-3,11-12H2,1H3,(H2,32,33,34)(H2,25,26,27,29,31)/p-1/t16-,17?,19?,20+,23-/m1/s1. The number of carbonyl (C=O) groups is 1. The van der Waals surface area contributed by atoms with Gasteiger partial charge in [0.15, 0.2) is 23.2 Å². The van der Waals surface area contributed by atoms with E-state index in [1.807, 2.05) is 37.3 Å². The minimum Gasteiger partial charge on any atom is -0.756 e. The molecule has 3 aromatic rings. The minimum absolute atomic E-state index is 0.199. The molecule has 5 rings (SSSR count). The molecule has 6 atom stereocenters. The molecule has 1 aromatic carbocycles. The largest absolute Gasteiger partial charge is 0.756 e. The van der Waals surface area contributed by atoms with Crippen molar-refractivity contribution in [1.82, 2.24) is 24.8 Å². The van der Waals surface area contributed by atoms with E-state index in [-0.39, 0.29) is 5.82 Å². The van der Waals surface area contributed by atoms with Gasteiger partial charge in [-0.05, 0) is 24.5 Å². The van der Waals surface area contributed by atoms with Crippen LogP contribution in [-0.4, -0.2) is 68.2 Å². The van der Waals surface area contributed by atoms with E-state index >= 15 is 0 Å². The van der Waals surface area contributed by atoms with Crippen molar-refractivity contribution in [1.29, 1.82) is 0 Å². The summed E-state index contributed by atoms with van der Waals surface area (Å²) in [6.45, 7) is 2.03. The molecule has 39 heavy (non-hydrogen) atoms. The summed E-state index contributed by atoms with van der Waals surface area (Å²) in [5.41, 5.74) is 1.40. The lowest BCUT2D eigenvalue weighted by Gasteiger charge is -2.22. The number of fused-ring (bicyclic) bond motifs is 2. The second-order valence-electron chi connectivity index (χ2n) is 8.78. The lowest BCUT2D eigenvalue weighted by molar-refractivity contribution is -0.223. The number of hydrogen-bond acceptors (Lipinski definition) is 10. The van der Waals surface area contributed by atoms with E-state index < -0.39 is 51.3 Å². The van der Waals surface area contributed by atoms with Crippen LogP contribution in [0.5, 0.6) is 0 Å². The smallest absolute Gasteiger partial charge is 0.320 e. The van der Waals surface area contributed by atoms with Crippen molar-refractivity contribution in [2.75, 3.05) is 18.5 Å². The molecule has 0 aliphatic carbocycles. The SMILES string of the molecule is CCCCNC(=O)Nc1ncnc2c1ncn2[C@@H]1O[C@H](COP(=O)([O-])O)C2OC(C#Cc3ccccc3)O[C@@H]21. The predicted octanol–water partition coefficient (Wildman–Crippen LogP) is 1.28. The van der Waals surface area contributed by atoms with Crippen LogP contribution in [0.1, 0.15) is 31.6 Å². The van der Waals surface area contributed by atoms with Gasteiger partial charge in [-0.3, -0.25) is 14.4 Å². The number of carbonyl (C=O) groups excluding carboxylic acids is 1. The molecule has 2 aliphatic heterocycles. The van der Waals surface area contributed by atoms with E-state index in [0.29, 0.717) is 17.7 Å². The number of phosphoric acid groups is 1. The maximum absolute atomic E-state index is 12.3. The number of nitrogens with one attached hydrogen (secondary N) is 2. The van der Waals surface area contributed by atoms with Crippen molar-refractivity contribution < 1.29 is 37.9 Å². The second-order valence-corrected chi connectivity index (χ2v) is 9.97. The fourth-order valence-electron chi connectivity index (χ4n) is 4.25. The monoisotopic (exact) mass is 557 g/mol. The van der Waals surface area contributed by atoms with Crippen LogP contribution in [0.25, 0.3) is 11.2 Å². The highest BCUT2D eigenvalue weighted by Gasteiger charge is 2.54. The van der Waals surface area contributed by atoms with Crippen LogP contribution < -0.4 is 15.5 Å². The number of imidazole rings is 1. The van der Waals surface area contributed by atoms with Gasteiger partial charge in [0.2, 0.25) is 6.29 Å². The van der Waals surface area contributed by atoms with Gasteiger partial charge in [0, 0.05) is 12.1 Å². The first-order valence-electron chi connectivity index (χ1n) is 12.3. The van der Waals surface area contributed by atoms with E-state index in [1.54, 1.807) is 4.57 Å². The van der Waals surface area contributed by atoms with Crippen molar-refractivity contribution in [3.63, 3.8) is 0 Å². The Balaban J connectivity index is 1.39. The Bertz CT molecular complexity index is 1420. The van der Waals surface area contributed by atoms with Crippen molar-refractivity contribution in [2.45, 2.75) is 50.6 Å². The summed E-state index contributed by atoms with van der Waals surface area (Å²) < 4.78 is 35.4. The molecule has 0 spiro atoms. The number of phosphoric ester groups is 1. The molecule has 0 bridgehead atoms. The summed E-state index contributed by atoms with van der Waals surface area (Å²) in [7, 11) is -5.01. The number of urea groups is 1. The number of amides is 2. The summed E-state index contributed by atoms with van der Waals surface area (Å²) in [6, 6.07) is 8.83. The lowest BCUT2D eigenvalue weighted by Crippen LogP contribution is -2.32. The Morgan fingerprint density at radius 1 is 1.21 bits per heavy atom. The van der Waals surface area contributed by atoms with Crippen molar-refractivity contribution in [2.24, 2.45) is 0 Å². The molecule has 2 amide bonds. The molecule has 0 radical (unpaired) electrons. The minimum atomic E-state index is -5.01. The first-order valence-corrected chi connectivity index (χ1v) is 13.8. The van der Waals surface area contributed by atoms with Gasteiger partial charge in [0.1, 0.15) is 24.6 Å². The summed E-state index contributed by atoms with van der Waals surface area (Å²) in [6.07, 6.45) is 0.226. The zero-order valence-electron chi connectivity index (χ0n) is 20.8. The number of rotatable bonds is 8. The van der Waals surface area contributed by atoms with E-state index in [2.05, 4.69) is 42.0 Å². The Morgan fingerprint density at radius 3 is 2.77 bits per heavy atom. The number of hydrogen-bond donors (Lipinski definition) is 3. The number of unbranched alkanes of at least 4 members (excludes halogenated alkanes) is 1. The van der Waals surface area contributed by atoms with Crippen molar-refractivity contribution in [3.05, 3.63) is 48.5 Å². The molecule has 2 aromatic heterocycles. The summed E-state index contributed by atoms with van der Waals surface area (Å²) in [4.78, 5) is 45.4. The van der Waals surface area contributed by atoms with Gasteiger partial charge in [-0.2, -0.15) is 0 Å². The highest BCUT2D eigenvalue weighted by Crippen LogP contribution is 2.42. The lowest BCUT2D eigenvalue weighted by atomic mass is 10.1. The summed E-state index contributed by atoms with van der Waals surface area (Å²) >= 11 is 0. The average Bonchev–Trinajstić information content (AvgIpc) is 3.61. The number of aromatic nitrogens is 4. The second kappa shape index (κ2) is 11.8. The molecule has 14 nitrogen and oxygen atoms in total. The number of anilines is 1. The highest BCUT2D eigenvalue weighted by molar-refractivity contribution is 7.44.